The van der Waals surface area contributed by atoms with Gasteiger partial charge in [0.05, 0.1) is 5.75 Å². The summed E-state index contributed by atoms with van der Waals surface area (Å²) in [4.78, 5) is 13.2. The number of ketones is 1. The highest BCUT2D eigenvalue weighted by Crippen LogP contribution is 2.29. The Hall–Kier alpha value is -3.38. The number of allylic oxidation sites excluding steroid dienone is 1. The molecule has 0 aliphatic carbocycles. The molecule has 6 heteroatoms. The molecule has 0 fully saturated rings. The number of aryl methyl sites for hydroxylation is 1. The van der Waals surface area contributed by atoms with Gasteiger partial charge in [0.25, 0.3) is 0 Å². The molecular formula is C29H32N4OS. The van der Waals surface area contributed by atoms with Crippen molar-refractivity contribution in [2.45, 2.75) is 51.7 Å². The van der Waals surface area contributed by atoms with E-state index < -0.39 is 0 Å². The number of hydrogen-bond acceptors (Lipinski definition) is 4. The molecule has 0 radical (unpaired) electrons. The first-order valence-electron chi connectivity index (χ1n) is 11.8. The van der Waals surface area contributed by atoms with Crippen molar-refractivity contribution in [3.63, 3.8) is 0 Å². The summed E-state index contributed by atoms with van der Waals surface area (Å²) in [5.74, 6) is 1.15. The fourth-order valence-electron chi connectivity index (χ4n) is 4.25. The van der Waals surface area contributed by atoms with Gasteiger partial charge in [-0.2, -0.15) is 0 Å². The summed E-state index contributed by atoms with van der Waals surface area (Å²) < 4.78 is 4.14. The van der Waals surface area contributed by atoms with Crippen molar-refractivity contribution in [3.8, 4) is 17.1 Å². The summed E-state index contributed by atoms with van der Waals surface area (Å²) in [6.45, 7) is 15.1. The second-order valence-corrected chi connectivity index (χ2v) is 10.6. The molecule has 0 atom stereocenters. The molecule has 2 aromatic heterocycles. The smallest absolute Gasteiger partial charge is 0.192 e. The predicted molar refractivity (Wildman–Crippen MR) is 145 cm³/mol. The van der Waals surface area contributed by atoms with Gasteiger partial charge in [-0.15, -0.1) is 16.8 Å². The first kappa shape index (κ1) is 24.7. The van der Waals surface area contributed by atoms with E-state index in [0.29, 0.717) is 11.7 Å². The molecule has 0 bridgehead atoms. The lowest BCUT2D eigenvalue weighted by Gasteiger charge is -2.19. The second-order valence-electron chi connectivity index (χ2n) is 9.70. The van der Waals surface area contributed by atoms with E-state index in [2.05, 4.69) is 78.5 Å². The SMILES string of the molecule is C=CCn1c(SCC(=O)c2cc(C)n(-c3ccccc3)c2C)nnc1-c1ccc(C(C)(C)C)cc1. The maximum atomic E-state index is 13.2. The van der Waals surface area contributed by atoms with Gasteiger partial charge in [-0.1, -0.05) is 81.1 Å². The first-order chi connectivity index (χ1) is 16.7. The lowest BCUT2D eigenvalue weighted by molar-refractivity contribution is 0.102. The molecule has 4 aromatic rings. The van der Waals surface area contributed by atoms with Gasteiger partial charge < -0.3 is 4.57 Å². The van der Waals surface area contributed by atoms with Crippen LogP contribution in [0.3, 0.4) is 0 Å². The molecule has 4 rings (SSSR count). The van der Waals surface area contributed by atoms with Gasteiger partial charge >= 0.3 is 0 Å². The molecule has 0 unspecified atom stereocenters. The molecule has 0 N–H and O–H groups in total. The number of Topliss-reactive ketones (excluding diaryl/α,β-unsaturated/α-hetero) is 1. The number of carbonyl (C=O) groups is 1. The highest BCUT2D eigenvalue weighted by atomic mass is 32.2. The summed E-state index contributed by atoms with van der Waals surface area (Å²) in [7, 11) is 0. The molecule has 0 amide bonds. The number of hydrogen-bond donors (Lipinski definition) is 0. The number of rotatable bonds is 8. The summed E-state index contributed by atoms with van der Waals surface area (Å²) in [5, 5.41) is 9.58. The van der Waals surface area contributed by atoms with E-state index in [0.717, 1.165) is 34.0 Å². The van der Waals surface area contributed by atoms with E-state index in [9.17, 15) is 4.79 Å². The largest absolute Gasteiger partial charge is 0.318 e. The molecule has 0 aliphatic rings. The molecular weight excluding hydrogens is 452 g/mol. The lowest BCUT2D eigenvalue weighted by Crippen LogP contribution is -2.10. The van der Waals surface area contributed by atoms with Crippen LogP contribution in [0.4, 0.5) is 0 Å². The van der Waals surface area contributed by atoms with Gasteiger partial charge in [-0.3, -0.25) is 9.36 Å². The van der Waals surface area contributed by atoms with Gasteiger partial charge in [-0.05, 0) is 43.0 Å². The quantitative estimate of drug-likeness (QED) is 0.157. The second kappa shape index (κ2) is 10.1. The van der Waals surface area contributed by atoms with Crippen molar-refractivity contribution in [3.05, 3.63) is 95.8 Å². The lowest BCUT2D eigenvalue weighted by atomic mass is 9.87. The fourth-order valence-corrected chi connectivity index (χ4v) is 5.08. The van der Waals surface area contributed by atoms with Crippen LogP contribution in [0.1, 0.15) is 48.1 Å². The first-order valence-corrected chi connectivity index (χ1v) is 12.7. The Balaban J connectivity index is 1.55. The Morgan fingerprint density at radius 1 is 1.03 bits per heavy atom. The molecule has 0 saturated carbocycles. The van der Waals surface area contributed by atoms with Crippen LogP contribution in [0.25, 0.3) is 17.1 Å². The average molecular weight is 485 g/mol. The Morgan fingerprint density at radius 3 is 2.34 bits per heavy atom. The Morgan fingerprint density at radius 2 is 1.71 bits per heavy atom. The third-order valence-electron chi connectivity index (χ3n) is 6.12. The number of carbonyl (C=O) groups excluding carboxylic acids is 1. The van der Waals surface area contributed by atoms with Crippen LogP contribution in [0, 0.1) is 13.8 Å². The Labute approximate surface area is 211 Å². The van der Waals surface area contributed by atoms with E-state index >= 15 is 0 Å². The van der Waals surface area contributed by atoms with E-state index in [1.54, 1.807) is 0 Å². The van der Waals surface area contributed by atoms with Crippen LogP contribution in [0.5, 0.6) is 0 Å². The van der Waals surface area contributed by atoms with Crippen molar-refractivity contribution < 1.29 is 4.79 Å². The molecule has 0 aliphatic heterocycles. The minimum Gasteiger partial charge on any atom is -0.318 e. The maximum Gasteiger partial charge on any atom is 0.192 e. The Kier molecular flexibility index (Phi) is 7.13. The van der Waals surface area contributed by atoms with Crippen molar-refractivity contribution in [2.24, 2.45) is 0 Å². The summed E-state index contributed by atoms with van der Waals surface area (Å²) >= 11 is 1.42. The molecule has 2 heterocycles. The molecule has 35 heavy (non-hydrogen) atoms. The normalized spacial score (nSPS) is 11.6. The van der Waals surface area contributed by atoms with Gasteiger partial charge in [0.1, 0.15) is 0 Å². The topological polar surface area (TPSA) is 52.7 Å². The monoisotopic (exact) mass is 484 g/mol. The number of benzene rings is 2. The number of nitrogens with zero attached hydrogens (tertiary/aromatic N) is 4. The molecule has 0 spiro atoms. The van der Waals surface area contributed by atoms with Crippen molar-refractivity contribution in [1.29, 1.82) is 0 Å². The zero-order valence-corrected chi connectivity index (χ0v) is 21.9. The zero-order valence-electron chi connectivity index (χ0n) is 21.1. The Bertz CT molecular complexity index is 1340. The standard InChI is InChI=1S/C29H32N4OS/c1-7-17-32-27(22-13-15-23(16-14-22)29(4,5)6)30-31-28(32)35-19-26(34)25-18-20(2)33(21(25)3)24-11-9-8-10-12-24/h7-16,18H,1,17,19H2,2-6H3. The van der Waals surface area contributed by atoms with E-state index in [4.69, 9.17) is 0 Å². The minimum absolute atomic E-state index is 0.0783. The van der Waals surface area contributed by atoms with Gasteiger partial charge in [0.15, 0.2) is 16.8 Å². The third kappa shape index (κ3) is 5.17. The van der Waals surface area contributed by atoms with Crippen LogP contribution in [0.2, 0.25) is 0 Å². The van der Waals surface area contributed by atoms with Crippen LogP contribution >= 0.6 is 11.8 Å². The maximum absolute atomic E-state index is 13.2. The predicted octanol–water partition coefficient (Wildman–Crippen LogP) is 6.81. The van der Waals surface area contributed by atoms with E-state index in [1.807, 2.05) is 48.8 Å². The number of aromatic nitrogens is 4. The summed E-state index contributed by atoms with van der Waals surface area (Å²) in [6.07, 6.45) is 1.83. The van der Waals surface area contributed by atoms with Crippen molar-refractivity contribution in [2.75, 3.05) is 5.75 Å². The van der Waals surface area contributed by atoms with Crippen LogP contribution in [-0.2, 0) is 12.0 Å². The van der Waals surface area contributed by atoms with Crippen LogP contribution in [0.15, 0.2) is 78.5 Å². The summed E-state index contributed by atoms with van der Waals surface area (Å²) in [5.41, 5.74) is 6.14. The highest BCUT2D eigenvalue weighted by molar-refractivity contribution is 7.99. The minimum atomic E-state index is 0.0783. The molecule has 5 nitrogen and oxygen atoms in total. The van der Waals surface area contributed by atoms with Crippen LogP contribution in [-0.4, -0.2) is 30.9 Å². The average Bonchev–Trinajstić information content (AvgIpc) is 3.37. The van der Waals surface area contributed by atoms with Crippen molar-refractivity contribution in [1.82, 2.24) is 19.3 Å². The summed E-state index contributed by atoms with van der Waals surface area (Å²) in [6, 6.07) is 20.5. The van der Waals surface area contributed by atoms with Crippen molar-refractivity contribution >= 4 is 17.5 Å². The van der Waals surface area contributed by atoms with E-state index in [1.165, 1.54) is 17.3 Å². The third-order valence-corrected chi connectivity index (χ3v) is 7.08. The highest BCUT2D eigenvalue weighted by Gasteiger charge is 2.20. The van der Waals surface area contributed by atoms with Gasteiger partial charge in [0, 0.05) is 34.7 Å². The fraction of sp³-hybridized carbons (Fsp3) is 0.276. The molecule has 180 valence electrons. The van der Waals surface area contributed by atoms with E-state index in [-0.39, 0.29) is 17.0 Å². The van der Waals surface area contributed by atoms with Gasteiger partial charge in [-0.25, -0.2) is 0 Å². The zero-order chi connectivity index (χ0) is 25.2. The molecule has 2 aromatic carbocycles. The molecule has 0 saturated heterocycles. The van der Waals surface area contributed by atoms with Crippen LogP contribution < -0.4 is 0 Å². The number of thioether (sulfide) groups is 1. The van der Waals surface area contributed by atoms with Gasteiger partial charge in [0.2, 0.25) is 0 Å². The number of para-hydroxylation sites is 1.